The van der Waals surface area contributed by atoms with E-state index in [0.29, 0.717) is 4.68 Å². The van der Waals surface area contributed by atoms with Crippen LogP contribution in [0.15, 0.2) is 12.4 Å². The fourth-order valence-electron chi connectivity index (χ4n) is 0.677. The van der Waals surface area contributed by atoms with Crippen molar-refractivity contribution < 1.29 is 13.6 Å². The molecule has 0 saturated heterocycles. The lowest BCUT2D eigenvalue weighted by atomic mass is 10.5. The first-order chi connectivity index (χ1) is 6.13. The zero-order valence-electron chi connectivity index (χ0n) is 6.37. The number of halogens is 2. The summed E-state index contributed by atoms with van der Waals surface area (Å²) >= 11 is 0. The third kappa shape index (κ3) is 2.27. The van der Waals surface area contributed by atoms with Crippen molar-refractivity contribution in [2.75, 3.05) is 5.32 Å². The zero-order chi connectivity index (χ0) is 9.84. The molecule has 0 unspecified atom stereocenters. The summed E-state index contributed by atoms with van der Waals surface area (Å²) in [5.74, 6) is 1.08. The van der Waals surface area contributed by atoms with Crippen LogP contribution in [0, 0.1) is 12.3 Å². The smallest absolute Gasteiger partial charge is 0.312 e. The molecule has 4 nitrogen and oxygen atoms in total. The molecule has 0 aliphatic heterocycles. The highest BCUT2D eigenvalue weighted by Crippen LogP contribution is 2.12. The van der Waals surface area contributed by atoms with Crippen LogP contribution in [0.2, 0.25) is 0 Å². The van der Waals surface area contributed by atoms with Crippen molar-refractivity contribution >= 4 is 11.6 Å². The Kier molecular flexibility index (Phi) is 2.59. The summed E-state index contributed by atoms with van der Waals surface area (Å²) in [6, 6.07) is 0. The molecular weight excluding hydrogens is 180 g/mol. The number of nitrogens with zero attached hydrogens (tertiary/aromatic N) is 2. The standard InChI is InChI=1S/C7H5F2N3O/c1-2-6(13)11-5-3-10-12(4-5)7(8)9/h1,3-4,7H,(H,11,13). The molecule has 6 heteroatoms. The summed E-state index contributed by atoms with van der Waals surface area (Å²) in [5.41, 5.74) is 0.142. The van der Waals surface area contributed by atoms with Crippen LogP contribution in [0.1, 0.15) is 6.55 Å². The molecule has 1 aromatic heterocycles. The summed E-state index contributed by atoms with van der Waals surface area (Å²) in [4.78, 5) is 10.6. The van der Waals surface area contributed by atoms with Gasteiger partial charge in [-0.2, -0.15) is 13.9 Å². The van der Waals surface area contributed by atoms with Crippen LogP contribution in [0.3, 0.4) is 0 Å². The number of amides is 1. The molecular formula is C7H5F2N3O. The Labute approximate surface area is 72.5 Å². The van der Waals surface area contributed by atoms with Gasteiger partial charge in [0.25, 0.3) is 5.91 Å². The van der Waals surface area contributed by atoms with Gasteiger partial charge in [-0.25, -0.2) is 4.68 Å². The van der Waals surface area contributed by atoms with Crippen molar-refractivity contribution in [3.8, 4) is 12.3 Å². The van der Waals surface area contributed by atoms with Gasteiger partial charge in [0, 0.05) is 0 Å². The van der Waals surface area contributed by atoms with Gasteiger partial charge in [0.2, 0.25) is 0 Å². The number of hydrogen-bond donors (Lipinski definition) is 1. The minimum absolute atomic E-state index is 0.142. The Morgan fingerprint density at radius 3 is 2.92 bits per heavy atom. The average molecular weight is 185 g/mol. The quantitative estimate of drug-likeness (QED) is 0.694. The van der Waals surface area contributed by atoms with Crippen molar-refractivity contribution in [1.29, 1.82) is 0 Å². The average Bonchev–Trinajstić information content (AvgIpc) is 2.52. The topological polar surface area (TPSA) is 46.9 Å². The van der Waals surface area contributed by atoms with E-state index in [1.165, 1.54) is 0 Å². The monoisotopic (exact) mass is 185 g/mol. The van der Waals surface area contributed by atoms with Gasteiger partial charge in [0.05, 0.1) is 18.1 Å². The zero-order valence-corrected chi connectivity index (χ0v) is 6.37. The number of anilines is 1. The van der Waals surface area contributed by atoms with Crippen LogP contribution in [0.4, 0.5) is 14.5 Å². The van der Waals surface area contributed by atoms with E-state index in [1.54, 1.807) is 5.92 Å². The van der Waals surface area contributed by atoms with Gasteiger partial charge in [-0.05, 0) is 5.92 Å². The predicted molar refractivity (Wildman–Crippen MR) is 40.9 cm³/mol. The van der Waals surface area contributed by atoms with Gasteiger partial charge < -0.3 is 5.32 Å². The fourth-order valence-corrected chi connectivity index (χ4v) is 0.677. The molecule has 0 saturated carbocycles. The molecule has 1 N–H and O–H groups in total. The van der Waals surface area contributed by atoms with Gasteiger partial charge in [0.1, 0.15) is 0 Å². The van der Waals surface area contributed by atoms with Crippen LogP contribution < -0.4 is 5.32 Å². The number of rotatable bonds is 2. The Morgan fingerprint density at radius 1 is 1.77 bits per heavy atom. The first-order valence-electron chi connectivity index (χ1n) is 3.23. The van der Waals surface area contributed by atoms with Crippen LogP contribution in [-0.4, -0.2) is 15.7 Å². The van der Waals surface area contributed by atoms with Crippen LogP contribution in [0.5, 0.6) is 0 Å². The van der Waals surface area contributed by atoms with Crippen LogP contribution >= 0.6 is 0 Å². The highest BCUT2D eigenvalue weighted by atomic mass is 19.3. The van der Waals surface area contributed by atoms with Gasteiger partial charge in [-0.3, -0.25) is 4.79 Å². The minimum atomic E-state index is -2.73. The number of terminal acetylenes is 1. The molecule has 0 atom stereocenters. The van der Waals surface area contributed by atoms with E-state index in [1.807, 2.05) is 0 Å². The first kappa shape index (κ1) is 9.19. The van der Waals surface area contributed by atoms with Crippen molar-refractivity contribution in [3.05, 3.63) is 12.4 Å². The largest absolute Gasteiger partial charge is 0.333 e. The Bertz CT molecular complexity index is 353. The van der Waals surface area contributed by atoms with E-state index >= 15 is 0 Å². The van der Waals surface area contributed by atoms with E-state index in [-0.39, 0.29) is 5.69 Å². The second-order valence-electron chi connectivity index (χ2n) is 2.09. The molecule has 0 spiro atoms. The van der Waals surface area contributed by atoms with Gasteiger partial charge >= 0.3 is 6.55 Å². The lowest BCUT2D eigenvalue weighted by Gasteiger charge is -1.96. The predicted octanol–water partition coefficient (Wildman–Crippen LogP) is 0.850. The summed E-state index contributed by atoms with van der Waals surface area (Å²) in [6.07, 6.45) is 6.82. The minimum Gasteiger partial charge on any atom is -0.312 e. The van der Waals surface area contributed by atoms with Crippen LogP contribution in [0.25, 0.3) is 0 Å². The molecule has 0 aromatic carbocycles. The van der Waals surface area contributed by atoms with E-state index in [0.717, 1.165) is 12.4 Å². The third-order valence-electron chi connectivity index (χ3n) is 1.19. The highest BCUT2D eigenvalue weighted by molar-refractivity contribution is 6.03. The second-order valence-corrected chi connectivity index (χ2v) is 2.09. The summed E-state index contributed by atoms with van der Waals surface area (Å²) in [5, 5.41) is 5.46. The number of carbonyl (C=O) groups is 1. The van der Waals surface area contributed by atoms with E-state index < -0.39 is 12.5 Å². The third-order valence-corrected chi connectivity index (χ3v) is 1.19. The van der Waals surface area contributed by atoms with Gasteiger partial charge in [-0.15, -0.1) is 6.42 Å². The van der Waals surface area contributed by atoms with Crippen molar-refractivity contribution in [2.24, 2.45) is 0 Å². The molecule has 0 aliphatic carbocycles. The SMILES string of the molecule is C#CC(=O)Nc1cnn(C(F)F)c1. The summed E-state index contributed by atoms with van der Waals surface area (Å²) < 4.78 is 24.3. The maximum atomic E-state index is 11.9. The molecule has 1 rings (SSSR count). The summed E-state index contributed by atoms with van der Waals surface area (Å²) in [7, 11) is 0. The number of nitrogens with one attached hydrogen (secondary N) is 1. The number of alkyl halides is 2. The van der Waals surface area contributed by atoms with Crippen LogP contribution in [-0.2, 0) is 4.79 Å². The molecule has 0 aliphatic rings. The van der Waals surface area contributed by atoms with E-state index in [2.05, 4.69) is 10.4 Å². The summed E-state index contributed by atoms with van der Waals surface area (Å²) in [6.45, 7) is -2.73. The molecule has 1 aromatic rings. The lowest BCUT2D eigenvalue weighted by Crippen LogP contribution is -2.07. The van der Waals surface area contributed by atoms with Gasteiger partial charge in [0.15, 0.2) is 0 Å². The molecule has 1 heterocycles. The molecule has 0 fully saturated rings. The number of hydrogen-bond acceptors (Lipinski definition) is 2. The first-order valence-corrected chi connectivity index (χ1v) is 3.23. The van der Waals surface area contributed by atoms with E-state index in [4.69, 9.17) is 6.42 Å². The second kappa shape index (κ2) is 3.67. The van der Waals surface area contributed by atoms with Gasteiger partial charge in [-0.1, -0.05) is 0 Å². The fraction of sp³-hybridized carbons (Fsp3) is 0.143. The maximum absolute atomic E-state index is 11.9. The molecule has 68 valence electrons. The Hall–Kier alpha value is -1.90. The van der Waals surface area contributed by atoms with Crippen molar-refractivity contribution in [3.63, 3.8) is 0 Å². The molecule has 13 heavy (non-hydrogen) atoms. The molecule has 0 bridgehead atoms. The van der Waals surface area contributed by atoms with Crippen molar-refractivity contribution in [2.45, 2.75) is 6.55 Å². The lowest BCUT2D eigenvalue weighted by molar-refractivity contribution is -0.111. The Morgan fingerprint density at radius 2 is 2.46 bits per heavy atom. The Balaban J connectivity index is 2.71. The molecule has 1 amide bonds. The number of carbonyl (C=O) groups excluding carboxylic acids is 1. The van der Waals surface area contributed by atoms with Crippen molar-refractivity contribution in [1.82, 2.24) is 9.78 Å². The normalized spacial score (nSPS) is 9.69. The highest BCUT2D eigenvalue weighted by Gasteiger charge is 2.07. The van der Waals surface area contributed by atoms with E-state index in [9.17, 15) is 13.6 Å². The number of aromatic nitrogens is 2. The molecule has 0 radical (unpaired) electrons. The maximum Gasteiger partial charge on any atom is 0.333 e.